The number of ether oxygens (including phenoxy) is 1. The summed E-state index contributed by atoms with van der Waals surface area (Å²) in [5.74, 6) is -1.38. The second kappa shape index (κ2) is 10.7. The number of pyridine rings is 1. The summed E-state index contributed by atoms with van der Waals surface area (Å²) in [6, 6.07) is 9.40. The van der Waals surface area contributed by atoms with Crippen molar-refractivity contribution in [3.63, 3.8) is 0 Å². The number of aryl methyl sites for hydroxylation is 1. The maximum absolute atomic E-state index is 13.7. The Hall–Kier alpha value is -2.04. The molecule has 3 rings (SSSR count). The van der Waals surface area contributed by atoms with Crippen LogP contribution in [0.3, 0.4) is 0 Å². The fourth-order valence-electron chi connectivity index (χ4n) is 4.18. The quantitative estimate of drug-likeness (QED) is 0.332. The van der Waals surface area contributed by atoms with Gasteiger partial charge in [0.05, 0.1) is 6.61 Å². The van der Waals surface area contributed by atoms with Gasteiger partial charge in [0.25, 0.3) is 5.95 Å². The van der Waals surface area contributed by atoms with Crippen LogP contribution in [0.15, 0.2) is 30.3 Å². The van der Waals surface area contributed by atoms with Crippen molar-refractivity contribution in [3.8, 4) is 5.75 Å². The lowest BCUT2D eigenvalue weighted by molar-refractivity contribution is 0.303. The molecule has 1 fully saturated rings. The van der Waals surface area contributed by atoms with Gasteiger partial charge in [0, 0.05) is 5.56 Å². The van der Waals surface area contributed by atoms with Crippen LogP contribution >= 0.6 is 0 Å². The van der Waals surface area contributed by atoms with Crippen LogP contribution < -0.4 is 4.74 Å². The van der Waals surface area contributed by atoms with Gasteiger partial charge in [0.2, 0.25) is 5.95 Å². The summed E-state index contributed by atoms with van der Waals surface area (Å²) in [5, 5.41) is 0. The second-order valence-electron chi connectivity index (χ2n) is 8.09. The predicted molar refractivity (Wildman–Crippen MR) is 109 cm³/mol. The Labute approximate surface area is 171 Å². The van der Waals surface area contributed by atoms with Gasteiger partial charge in [-0.1, -0.05) is 31.9 Å². The van der Waals surface area contributed by atoms with Crippen LogP contribution in [0.4, 0.5) is 13.2 Å². The summed E-state index contributed by atoms with van der Waals surface area (Å²) in [5.41, 5.74) is 1.51. The second-order valence-corrected chi connectivity index (χ2v) is 8.09. The smallest absolute Gasteiger partial charge is 0.251 e. The molecule has 1 aliphatic rings. The minimum absolute atomic E-state index is 0.167. The summed E-state index contributed by atoms with van der Waals surface area (Å²) in [6.45, 7) is 2.95. The van der Waals surface area contributed by atoms with Crippen molar-refractivity contribution in [2.45, 2.75) is 70.6 Å². The van der Waals surface area contributed by atoms with E-state index >= 15 is 0 Å². The maximum atomic E-state index is 13.7. The lowest BCUT2D eigenvalue weighted by Gasteiger charge is -2.29. The van der Waals surface area contributed by atoms with Gasteiger partial charge in [-0.05, 0) is 80.5 Å². The zero-order valence-corrected chi connectivity index (χ0v) is 17.1. The van der Waals surface area contributed by atoms with E-state index in [2.05, 4.69) is 36.2 Å². The summed E-state index contributed by atoms with van der Waals surface area (Å²) in [4.78, 5) is 3.00. The van der Waals surface area contributed by atoms with E-state index < -0.39 is 17.7 Å². The molecule has 0 amide bonds. The molecule has 0 unspecified atom stereocenters. The van der Waals surface area contributed by atoms with Crippen molar-refractivity contribution < 1.29 is 17.9 Å². The fraction of sp³-hybridized carbons (Fsp3) is 0.542. The van der Waals surface area contributed by atoms with Gasteiger partial charge >= 0.3 is 0 Å². The molecule has 1 aliphatic carbocycles. The highest BCUT2D eigenvalue weighted by Crippen LogP contribution is 2.38. The average molecular weight is 406 g/mol. The Morgan fingerprint density at radius 1 is 0.966 bits per heavy atom. The Balaban J connectivity index is 1.44. The molecule has 0 atom stereocenters. The highest BCUT2D eigenvalue weighted by Gasteiger charge is 2.23. The lowest BCUT2D eigenvalue weighted by atomic mass is 9.77. The van der Waals surface area contributed by atoms with Crippen molar-refractivity contribution >= 4 is 0 Å². The molecule has 0 N–H and O–H groups in total. The van der Waals surface area contributed by atoms with Crippen molar-refractivity contribution in [1.82, 2.24) is 4.98 Å². The molecule has 0 bridgehead atoms. The molecule has 0 aliphatic heterocycles. The van der Waals surface area contributed by atoms with Crippen LogP contribution in [0, 0.1) is 23.6 Å². The van der Waals surface area contributed by atoms with Crippen LogP contribution in [0.1, 0.15) is 75.3 Å². The molecule has 29 heavy (non-hydrogen) atoms. The van der Waals surface area contributed by atoms with Crippen molar-refractivity contribution in [2.75, 3.05) is 6.61 Å². The van der Waals surface area contributed by atoms with Crippen LogP contribution in [0.5, 0.6) is 5.75 Å². The van der Waals surface area contributed by atoms with Crippen molar-refractivity contribution in [1.29, 1.82) is 0 Å². The molecule has 0 spiro atoms. The van der Waals surface area contributed by atoms with Gasteiger partial charge in [-0.3, -0.25) is 0 Å². The summed E-state index contributed by atoms with van der Waals surface area (Å²) in [7, 11) is 0. The molecular weight excluding hydrogens is 375 g/mol. The SMILES string of the molecule is CCCCCOc1ccc(C2CCC(CCc3cc(F)c(F)nc3F)CC2)cc1. The molecule has 1 heterocycles. The first-order valence-corrected chi connectivity index (χ1v) is 10.8. The van der Waals surface area contributed by atoms with E-state index in [1.54, 1.807) is 0 Å². The number of hydrogen-bond acceptors (Lipinski definition) is 2. The van der Waals surface area contributed by atoms with Gasteiger partial charge in [-0.25, -0.2) is 4.39 Å². The first-order valence-electron chi connectivity index (χ1n) is 10.8. The topological polar surface area (TPSA) is 22.1 Å². The Bertz CT molecular complexity index is 770. The van der Waals surface area contributed by atoms with Crippen LogP contribution in [0.25, 0.3) is 0 Å². The van der Waals surface area contributed by atoms with Crippen LogP contribution in [-0.4, -0.2) is 11.6 Å². The molecule has 158 valence electrons. The van der Waals surface area contributed by atoms with Crippen molar-refractivity contribution in [2.24, 2.45) is 5.92 Å². The third kappa shape index (κ3) is 6.22. The third-order valence-electron chi connectivity index (χ3n) is 6.00. The largest absolute Gasteiger partial charge is 0.494 e. The zero-order chi connectivity index (χ0) is 20.6. The number of rotatable bonds is 9. The van der Waals surface area contributed by atoms with Gasteiger partial charge < -0.3 is 4.74 Å². The number of unbranched alkanes of at least 4 members (excludes halogenated alkanes) is 2. The van der Waals surface area contributed by atoms with Gasteiger partial charge in [0.1, 0.15) is 5.75 Å². The lowest BCUT2D eigenvalue weighted by Crippen LogP contribution is -2.14. The summed E-state index contributed by atoms with van der Waals surface area (Å²) in [6.07, 6.45) is 8.98. The van der Waals surface area contributed by atoms with Crippen LogP contribution in [-0.2, 0) is 6.42 Å². The Kier molecular flexibility index (Phi) is 7.96. The summed E-state index contributed by atoms with van der Waals surface area (Å²) >= 11 is 0. The first kappa shape index (κ1) is 21.7. The monoisotopic (exact) mass is 405 g/mol. The molecule has 1 aromatic carbocycles. The predicted octanol–water partition coefficient (Wildman–Crippen LogP) is 6.97. The summed E-state index contributed by atoms with van der Waals surface area (Å²) < 4.78 is 45.7. The van der Waals surface area contributed by atoms with E-state index in [0.717, 1.165) is 56.9 Å². The number of halogens is 3. The molecule has 2 aromatic rings. The molecule has 1 saturated carbocycles. The first-order chi connectivity index (χ1) is 14.1. The minimum atomic E-state index is -1.37. The maximum Gasteiger partial charge on any atom is 0.251 e. The highest BCUT2D eigenvalue weighted by atomic mass is 19.2. The van der Waals surface area contributed by atoms with E-state index in [1.807, 2.05) is 0 Å². The molecule has 5 heteroatoms. The van der Waals surface area contributed by atoms with Crippen molar-refractivity contribution in [3.05, 3.63) is 59.2 Å². The molecule has 0 saturated heterocycles. The number of nitrogens with zero attached hydrogens (tertiary/aromatic N) is 1. The van der Waals surface area contributed by atoms with E-state index in [-0.39, 0.29) is 5.56 Å². The van der Waals surface area contributed by atoms with Crippen LogP contribution in [0.2, 0.25) is 0 Å². The highest BCUT2D eigenvalue weighted by molar-refractivity contribution is 5.29. The number of benzene rings is 1. The third-order valence-corrected chi connectivity index (χ3v) is 6.00. The fourth-order valence-corrected chi connectivity index (χ4v) is 4.18. The molecular formula is C24H30F3NO. The standard InChI is InChI=1S/C24H30F3NO/c1-2-3-4-15-29-21-13-11-19(12-14-21)18-8-5-17(6-9-18)7-10-20-16-22(25)24(27)28-23(20)26/h11-14,16-18H,2-10,15H2,1H3. The average Bonchev–Trinajstić information content (AvgIpc) is 2.74. The van der Waals surface area contributed by atoms with E-state index in [1.165, 1.54) is 18.4 Å². The molecule has 2 nitrogen and oxygen atoms in total. The van der Waals surface area contributed by atoms with E-state index in [0.29, 0.717) is 18.3 Å². The van der Waals surface area contributed by atoms with Gasteiger partial charge in [-0.2, -0.15) is 13.8 Å². The van der Waals surface area contributed by atoms with Gasteiger partial charge in [-0.15, -0.1) is 0 Å². The van der Waals surface area contributed by atoms with Gasteiger partial charge in [0.15, 0.2) is 5.82 Å². The molecule has 1 aromatic heterocycles. The Morgan fingerprint density at radius 3 is 2.38 bits per heavy atom. The normalized spacial score (nSPS) is 19.3. The Morgan fingerprint density at radius 2 is 1.69 bits per heavy atom. The van der Waals surface area contributed by atoms with E-state index in [9.17, 15) is 13.2 Å². The molecule has 0 radical (unpaired) electrons. The number of aromatic nitrogens is 1. The zero-order valence-electron chi connectivity index (χ0n) is 17.1. The minimum Gasteiger partial charge on any atom is -0.494 e. The van der Waals surface area contributed by atoms with E-state index in [4.69, 9.17) is 4.74 Å². The number of hydrogen-bond donors (Lipinski definition) is 0.